The maximum Gasteiger partial charge on any atom is 0.320 e. The molecule has 0 atom stereocenters. The zero-order valence-corrected chi connectivity index (χ0v) is 16.7. The van der Waals surface area contributed by atoms with Crippen molar-refractivity contribution >= 4 is 34.9 Å². The molecule has 2 aliphatic heterocycles. The minimum absolute atomic E-state index is 0.0633. The summed E-state index contributed by atoms with van der Waals surface area (Å²) in [7, 11) is 0. The van der Waals surface area contributed by atoms with E-state index in [0.29, 0.717) is 30.6 Å². The number of carbonyl (C=O) groups excluding carboxylic acids is 1. The number of anilines is 3. The van der Waals surface area contributed by atoms with Crippen LogP contribution in [0.5, 0.6) is 0 Å². The highest BCUT2D eigenvalue weighted by atomic mass is 35.5. The second-order valence-electron chi connectivity index (χ2n) is 7.40. The van der Waals surface area contributed by atoms with Crippen molar-refractivity contribution in [3.05, 3.63) is 41.4 Å². The third kappa shape index (κ3) is 5.13. The summed E-state index contributed by atoms with van der Waals surface area (Å²) in [6, 6.07) is 6.35. The minimum Gasteiger partial charge on any atom is -0.463 e. The molecular weight excluding hydrogens is 397 g/mol. The second-order valence-corrected chi connectivity index (χ2v) is 7.81. The fraction of sp³-hybridized carbons (Fsp3) is 0.450. The molecule has 1 aromatic heterocycles. The standard InChI is InChI=1S/C20H23ClFN5O2/c21-16-9-15(1-2-17(16)22)25-18-10-19(24-13-23-18)27-5-3-14(4-6-27)11-26-7-8-29-20(28)12-26/h1-2,9-10,13-14H,3-8,11-12H2,(H,23,24,25). The Kier molecular flexibility index (Phi) is 6.10. The lowest BCUT2D eigenvalue weighted by molar-refractivity contribution is -0.150. The Balaban J connectivity index is 1.33. The number of hydrogen-bond donors (Lipinski definition) is 1. The van der Waals surface area contributed by atoms with Crippen LogP contribution in [0, 0.1) is 11.7 Å². The number of morpholine rings is 1. The molecule has 9 heteroatoms. The van der Waals surface area contributed by atoms with Crippen LogP contribution in [0.3, 0.4) is 0 Å². The summed E-state index contributed by atoms with van der Waals surface area (Å²) in [5, 5.41) is 3.20. The summed E-state index contributed by atoms with van der Waals surface area (Å²) in [6.07, 6.45) is 3.62. The SMILES string of the molecule is O=C1CN(CC2CCN(c3cc(Nc4ccc(F)c(Cl)c4)ncn3)CC2)CCO1. The maximum absolute atomic E-state index is 13.3. The Hall–Kier alpha value is -2.45. The molecule has 0 radical (unpaired) electrons. The Morgan fingerprint density at radius 2 is 2.03 bits per heavy atom. The van der Waals surface area contributed by atoms with Crippen LogP contribution < -0.4 is 10.2 Å². The van der Waals surface area contributed by atoms with Gasteiger partial charge in [-0.1, -0.05) is 11.6 Å². The highest BCUT2D eigenvalue weighted by Gasteiger charge is 2.25. The molecule has 0 unspecified atom stereocenters. The van der Waals surface area contributed by atoms with Gasteiger partial charge in [0.1, 0.15) is 30.4 Å². The van der Waals surface area contributed by atoms with E-state index in [2.05, 4.69) is 25.1 Å². The van der Waals surface area contributed by atoms with Gasteiger partial charge in [-0.3, -0.25) is 9.69 Å². The number of cyclic esters (lactones) is 1. The van der Waals surface area contributed by atoms with Crippen LogP contribution in [0.1, 0.15) is 12.8 Å². The molecule has 7 nitrogen and oxygen atoms in total. The molecule has 2 aliphatic rings. The van der Waals surface area contributed by atoms with Gasteiger partial charge in [0.25, 0.3) is 0 Å². The van der Waals surface area contributed by atoms with Gasteiger partial charge in [-0.25, -0.2) is 14.4 Å². The van der Waals surface area contributed by atoms with Gasteiger partial charge < -0.3 is 15.0 Å². The predicted octanol–water partition coefficient (Wildman–Crippen LogP) is 3.09. The maximum atomic E-state index is 13.3. The molecule has 3 heterocycles. The number of esters is 1. The smallest absolute Gasteiger partial charge is 0.320 e. The Bertz CT molecular complexity index is 876. The largest absolute Gasteiger partial charge is 0.463 e. The number of piperidine rings is 1. The zero-order chi connectivity index (χ0) is 20.2. The summed E-state index contributed by atoms with van der Waals surface area (Å²) >= 11 is 5.84. The van der Waals surface area contributed by atoms with Gasteiger partial charge in [0.05, 0.1) is 11.6 Å². The van der Waals surface area contributed by atoms with E-state index in [9.17, 15) is 9.18 Å². The zero-order valence-electron chi connectivity index (χ0n) is 16.0. The molecule has 29 heavy (non-hydrogen) atoms. The van der Waals surface area contributed by atoms with E-state index in [0.717, 1.165) is 44.8 Å². The number of halogens is 2. The van der Waals surface area contributed by atoms with E-state index in [1.165, 1.54) is 18.5 Å². The average molecular weight is 420 g/mol. The Morgan fingerprint density at radius 3 is 2.79 bits per heavy atom. The van der Waals surface area contributed by atoms with Gasteiger partial charge in [-0.15, -0.1) is 0 Å². The summed E-state index contributed by atoms with van der Waals surface area (Å²) in [5.41, 5.74) is 0.666. The first kappa shape index (κ1) is 19.8. The van der Waals surface area contributed by atoms with Crippen molar-refractivity contribution in [1.29, 1.82) is 0 Å². The molecule has 2 fully saturated rings. The summed E-state index contributed by atoms with van der Waals surface area (Å²) in [6.45, 7) is 4.46. The molecule has 0 bridgehead atoms. The lowest BCUT2D eigenvalue weighted by Gasteiger charge is -2.36. The van der Waals surface area contributed by atoms with Gasteiger partial charge in [0.15, 0.2) is 0 Å². The average Bonchev–Trinajstić information content (AvgIpc) is 2.72. The first-order chi connectivity index (χ1) is 14.1. The topological polar surface area (TPSA) is 70.6 Å². The molecule has 1 N–H and O–H groups in total. The number of nitrogens with one attached hydrogen (secondary N) is 1. The first-order valence-corrected chi connectivity index (χ1v) is 10.1. The third-order valence-corrected chi connectivity index (χ3v) is 5.61. The van der Waals surface area contributed by atoms with E-state index < -0.39 is 5.82 Å². The molecule has 0 amide bonds. The van der Waals surface area contributed by atoms with Gasteiger partial charge in [0, 0.05) is 37.9 Å². The van der Waals surface area contributed by atoms with Crippen LogP contribution >= 0.6 is 11.6 Å². The van der Waals surface area contributed by atoms with Gasteiger partial charge in [-0.2, -0.15) is 0 Å². The van der Waals surface area contributed by atoms with Crippen molar-refractivity contribution in [2.24, 2.45) is 5.92 Å². The number of rotatable bonds is 5. The number of hydrogen-bond acceptors (Lipinski definition) is 7. The molecule has 0 spiro atoms. The van der Waals surface area contributed by atoms with Crippen molar-refractivity contribution in [2.45, 2.75) is 12.8 Å². The van der Waals surface area contributed by atoms with Crippen molar-refractivity contribution in [3.63, 3.8) is 0 Å². The molecule has 154 valence electrons. The van der Waals surface area contributed by atoms with Crippen molar-refractivity contribution in [3.8, 4) is 0 Å². The summed E-state index contributed by atoms with van der Waals surface area (Å²) in [5.74, 6) is 1.47. The molecule has 0 aliphatic carbocycles. The van der Waals surface area contributed by atoms with Gasteiger partial charge >= 0.3 is 5.97 Å². The highest BCUT2D eigenvalue weighted by Crippen LogP contribution is 2.26. The lowest BCUT2D eigenvalue weighted by atomic mass is 9.96. The van der Waals surface area contributed by atoms with E-state index in [-0.39, 0.29) is 11.0 Å². The fourth-order valence-corrected chi connectivity index (χ4v) is 3.95. The van der Waals surface area contributed by atoms with Crippen LogP contribution in [-0.2, 0) is 9.53 Å². The minimum atomic E-state index is -0.454. The van der Waals surface area contributed by atoms with Crippen molar-refractivity contribution < 1.29 is 13.9 Å². The van der Waals surface area contributed by atoms with E-state index in [4.69, 9.17) is 16.3 Å². The number of ether oxygens (including phenoxy) is 1. The summed E-state index contributed by atoms with van der Waals surface area (Å²) in [4.78, 5) is 24.5. The van der Waals surface area contributed by atoms with Crippen LogP contribution in [0.25, 0.3) is 0 Å². The first-order valence-electron chi connectivity index (χ1n) is 9.74. The van der Waals surface area contributed by atoms with Crippen molar-refractivity contribution in [2.75, 3.05) is 49.5 Å². The lowest BCUT2D eigenvalue weighted by Crippen LogP contribution is -2.44. The third-order valence-electron chi connectivity index (χ3n) is 5.32. The highest BCUT2D eigenvalue weighted by molar-refractivity contribution is 6.31. The molecule has 2 aromatic rings. The van der Waals surface area contributed by atoms with Crippen molar-refractivity contribution in [1.82, 2.24) is 14.9 Å². The van der Waals surface area contributed by atoms with Crippen LogP contribution in [0.2, 0.25) is 5.02 Å². The molecule has 4 rings (SSSR count). The molecule has 2 saturated heterocycles. The van der Waals surface area contributed by atoms with E-state index in [1.54, 1.807) is 6.07 Å². The monoisotopic (exact) mass is 419 g/mol. The number of aromatic nitrogens is 2. The number of benzene rings is 1. The van der Waals surface area contributed by atoms with Crippen LogP contribution in [-0.4, -0.2) is 60.2 Å². The predicted molar refractivity (Wildman–Crippen MR) is 109 cm³/mol. The Labute approximate surface area is 173 Å². The van der Waals surface area contributed by atoms with Gasteiger partial charge in [0.2, 0.25) is 0 Å². The fourth-order valence-electron chi connectivity index (χ4n) is 3.77. The normalized spacial score (nSPS) is 18.6. The quantitative estimate of drug-likeness (QED) is 0.746. The van der Waals surface area contributed by atoms with E-state index >= 15 is 0 Å². The summed E-state index contributed by atoms with van der Waals surface area (Å²) < 4.78 is 18.3. The Morgan fingerprint density at radius 1 is 1.21 bits per heavy atom. The number of nitrogens with zero attached hydrogens (tertiary/aromatic N) is 4. The molecule has 0 saturated carbocycles. The van der Waals surface area contributed by atoms with Crippen LogP contribution in [0.15, 0.2) is 30.6 Å². The number of carbonyl (C=O) groups is 1. The second kappa shape index (κ2) is 8.92. The van der Waals surface area contributed by atoms with Crippen LogP contribution in [0.4, 0.5) is 21.7 Å². The van der Waals surface area contributed by atoms with E-state index in [1.807, 2.05) is 6.07 Å². The molecule has 1 aromatic carbocycles. The van der Waals surface area contributed by atoms with Gasteiger partial charge in [-0.05, 0) is 37.0 Å². The molecular formula is C20H23ClFN5O2.